The molecule has 4 saturated heterocycles. The third kappa shape index (κ3) is 5.01. The van der Waals surface area contributed by atoms with Crippen molar-refractivity contribution in [2.45, 2.75) is 46.9 Å². The lowest BCUT2D eigenvalue weighted by Crippen LogP contribution is -2.45. The highest BCUT2D eigenvalue weighted by Gasteiger charge is 2.65. The van der Waals surface area contributed by atoms with Crippen LogP contribution < -0.4 is 17.0 Å². The van der Waals surface area contributed by atoms with Crippen LogP contribution >= 0.6 is 25.2 Å². The van der Waals surface area contributed by atoms with Gasteiger partial charge in [0.15, 0.2) is 28.9 Å². The first-order valence-corrected chi connectivity index (χ1v) is 19.6. The van der Waals surface area contributed by atoms with Crippen LogP contribution in [0.1, 0.15) is 11.6 Å². The van der Waals surface area contributed by atoms with Crippen LogP contribution in [0.2, 0.25) is 0 Å². The highest BCUT2D eigenvalue weighted by Crippen LogP contribution is 2.59. The molecule has 4 aromatic heterocycles. The van der Waals surface area contributed by atoms with Gasteiger partial charge in [-0.15, -0.1) is 11.8 Å². The summed E-state index contributed by atoms with van der Waals surface area (Å²) in [5.41, 5.74) is 10.5. The molecule has 4 aliphatic rings. The average molecular weight is 735 g/mol. The predicted molar refractivity (Wildman–Crippen MR) is 166 cm³/mol. The number of ether oxygens (including phenoxy) is 2. The zero-order valence-corrected chi connectivity index (χ0v) is 27.2. The van der Waals surface area contributed by atoms with Crippen LogP contribution in [-0.4, -0.2) is 109 Å². The van der Waals surface area contributed by atoms with Gasteiger partial charge in [-0.2, -0.15) is 4.98 Å². The molecule has 10 atom stereocenters. The Kier molecular flexibility index (Phi) is 7.37. The largest absolute Gasteiger partial charge is 0.389 e. The van der Waals surface area contributed by atoms with Gasteiger partial charge in [-0.1, -0.05) is 0 Å². The molecule has 20 nitrogen and oxygen atoms in total. The highest BCUT2D eigenvalue weighted by molar-refractivity contribution is 8.07. The van der Waals surface area contributed by atoms with Crippen molar-refractivity contribution >= 4 is 82.9 Å². The fourth-order valence-electron chi connectivity index (χ4n) is 5.97. The number of aromatic amines is 1. The van der Waals surface area contributed by atoms with Gasteiger partial charge in [0.1, 0.15) is 41.1 Å². The molecule has 8 N–H and O–H groups in total. The maximum absolute atomic E-state index is 12.4. The molecule has 8 heterocycles. The van der Waals surface area contributed by atoms with E-state index in [2.05, 4.69) is 29.9 Å². The van der Waals surface area contributed by atoms with E-state index in [-0.39, 0.29) is 36.1 Å². The molecule has 4 aliphatic heterocycles. The third-order valence-corrected chi connectivity index (χ3v) is 12.7. The van der Waals surface area contributed by atoms with E-state index in [9.17, 15) is 19.7 Å². The zero-order valence-electron chi connectivity index (χ0n) is 23.0. The van der Waals surface area contributed by atoms with Gasteiger partial charge in [0.2, 0.25) is 5.95 Å². The summed E-state index contributed by atoms with van der Waals surface area (Å²) in [5.74, 6) is 0.00428. The van der Waals surface area contributed by atoms with Crippen LogP contribution in [0.3, 0.4) is 0 Å². The molecule has 0 spiro atoms. The summed E-state index contributed by atoms with van der Waals surface area (Å²) in [7, 11) is 0. The standard InChI is InChI=1S/C21H24N10O10P2S3/c22-14-8-15(25-4-24-14)30(5-26-8)18-12-13-21(39-18,2-36-12)3-38-43(35,45)40-11-10(32)7(1-37-42(34,44)41-13)46-19(11)31-6-27-9-16(31)28-20(23)29-17(9)33/h4-7,10-13,18-19,32H,1-3H2,(H,34,44)(H,35,45)(H2,22,24,25)(H3,23,28,29,33)/t7-,10-,11-,12-,13+,18-,19-,21-,42?,43?/m1/s1. The minimum Gasteiger partial charge on any atom is -0.389 e. The first kappa shape index (κ1) is 31.1. The van der Waals surface area contributed by atoms with Crippen molar-refractivity contribution in [3.63, 3.8) is 0 Å². The number of nitrogens with two attached hydrogens (primary N) is 2. The number of nitrogens with zero attached hydrogens (tertiary/aromatic N) is 7. The van der Waals surface area contributed by atoms with Gasteiger partial charge >= 0.3 is 13.4 Å². The van der Waals surface area contributed by atoms with Crippen LogP contribution in [0.15, 0.2) is 23.8 Å². The Balaban J connectivity index is 1.14. The summed E-state index contributed by atoms with van der Waals surface area (Å²) < 4.78 is 39.1. The van der Waals surface area contributed by atoms with Crippen LogP contribution in [0.4, 0.5) is 11.8 Å². The van der Waals surface area contributed by atoms with E-state index in [1.807, 2.05) is 0 Å². The maximum Gasteiger partial charge on any atom is 0.325 e. The fraction of sp³-hybridized carbons (Fsp3) is 0.524. The monoisotopic (exact) mass is 734 g/mol. The molecule has 0 aliphatic carbocycles. The van der Waals surface area contributed by atoms with Crippen molar-refractivity contribution in [2.75, 3.05) is 31.3 Å². The number of aliphatic hydroxyl groups is 1. The minimum absolute atomic E-state index is 0.00947. The number of thioether (sulfide) groups is 1. The van der Waals surface area contributed by atoms with E-state index in [1.54, 1.807) is 4.57 Å². The average Bonchev–Trinajstić information content (AvgIpc) is 3.80. The number of hydrogen-bond acceptors (Lipinski definition) is 18. The molecule has 4 bridgehead atoms. The summed E-state index contributed by atoms with van der Waals surface area (Å²) in [6, 6.07) is 0. The van der Waals surface area contributed by atoms with Gasteiger partial charge in [-0.05, 0) is 23.6 Å². The van der Waals surface area contributed by atoms with Crippen molar-refractivity contribution in [3.05, 3.63) is 29.3 Å². The van der Waals surface area contributed by atoms with Crippen molar-refractivity contribution in [1.29, 1.82) is 0 Å². The molecule has 8 rings (SSSR count). The second kappa shape index (κ2) is 10.9. The number of hydrogen-bond donors (Lipinski definition) is 6. The van der Waals surface area contributed by atoms with Gasteiger partial charge < -0.3 is 44.9 Å². The van der Waals surface area contributed by atoms with Crippen LogP contribution in [0.25, 0.3) is 22.3 Å². The van der Waals surface area contributed by atoms with Gasteiger partial charge in [-0.25, -0.2) is 19.9 Å². The minimum atomic E-state index is -4.15. The summed E-state index contributed by atoms with van der Waals surface area (Å²) in [5, 5.41) is 9.69. The van der Waals surface area contributed by atoms with Crippen LogP contribution in [0.5, 0.6) is 0 Å². The second-order valence-corrected chi connectivity index (χ2v) is 17.8. The van der Waals surface area contributed by atoms with Crippen molar-refractivity contribution in [2.24, 2.45) is 0 Å². The smallest absolute Gasteiger partial charge is 0.325 e. The summed E-state index contributed by atoms with van der Waals surface area (Å²) >= 11 is 11.9. The number of fused-ring (bicyclic) bond motifs is 4. The van der Waals surface area contributed by atoms with Crippen LogP contribution in [-0.2, 0) is 51.2 Å². The number of rotatable bonds is 2. The van der Waals surface area contributed by atoms with E-state index in [0.717, 1.165) is 11.8 Å². The quantitative estimate of drug-likeness (QED) is 0.135. The van der Waals surface area contributed by atoms with Gasteiger partial charge in [0.25, 0.3) is 5.56 Å². The number of imidazole rings is 2. The number of anilines is 2. The normalized spacial score (nSPS) is 39.7. The Morgan fingerprint density at radius 3 is 2.59 bits per heavy atom. The molecule has 0 aromatic carbocycles. The molecule has 4 aromatic rings. The van der Waals surface area contributed by atoms with Crippen molar-refractivity contribution < 1.29 is 42.5 Å². The van der Waals surface area contributed by atoms with E-state index in [1.165, 1.54) is 23.5 Å². The Morgan fingerprint density at radius 1 is 1.00 bits per heavy atom. The Bertz CT molecular complexity index is 2030. The maximum atomic E-state index is 12.4. The predicted octanol–water partition coefficient (Wildman–Crippen LogP) is -0.984. The van der Waals surface area contributed by atoms with Crippen molar-refractivity contribution in [1.82, 2.24) is 39.0 Å². The SMILES string of the molecule is Nc1nc2c(ncn2[C@@H]2S[C@@H]3COP(O)(=S)O[C@H]4[C@H]5OC[C@]4(COP(O)(=S)O[C@@H]2[C@@H]3O)O[C@H]5n2cnc3c(N)ncnc32)c(=O)[nH]1. The Hall–Kier alpha value is -2.21. The van der Waals surface area contributed by atoms with Gasteiger partial charge in [0.05, 0.1) is 43.8 Å². The Morgan fingerprint density at radius 2 is 1.76 bits per heavy atom. The van der Waals surface area contributed by atoms with E-state index >= 15 is 0 Å². The second-order valence-electron chi connectivity index (χ2n) is 10.9. The molecule has 0 saturated carbocycles. The van der Waals surface area contributed by atoms with E-state index in [4.69, 9.17) is 62.6 Å². The van der Waals surface area contributed by atoms with Gasteiger partial charge in [-0.3, -0.25) is 28.0 Å². The molecule has 0 amide bonds. The number of H-pyrrole nitrogens is 1. The van der Waals surface area contributed by atoms with E-state index in [0.29, 0.717) is 11.2 Å². The van der Waals surface area contributed by atoms with Gasteiger partial charge in [0, 0.05) is 0 Å². The zero-order chi connectivity index (χ0) is 32.2. The first-order chi connectivity index (χ1) is 21.8. The molecule has 2 unspecified atom stereocenters. The highest BCUT2D eigenvalue weighted by atomic mass is 32.5. The van der Waals surface area contributed by atoms with E-state index < -0.39 is 72.5 Å². The van der Waals surface area contributed by atoms with Crippen molar-refractivity contribution in [3.8, 4) is 0 Å². The first-order valence-electron chi connectivity index (χ1n) is 13.4. The number of nitrogens with one attached hydrogen (secondary N) is 1. The molecule has 246 valence electrons. The van der Waals surface area contributed by atoms with Crippen LogP contribution in [0, 0.1) is 0 Å². The lowest BCUT2D eigenvalue weighted by Gasteiger charge is -2.33. The Labute approximate surface area is 271 Å². The molecular formula is C21H24N10O10P2S3. The lowest BCUT2D eigenvalue weighted by molar-refractivity contribution is -0.183. The number of nitrogen functional groups attached to an aromatic ring is 2. The number of aromatic nitrogens is 8. The molecule has 46 heavy (non-hydrogen) atoms. The fourth-order valence-corrected chi connectivity index (χ4v) is 10.5. The molecule has 4 fully saturated rings. The number of aliphatic hydroxyl groups excluding tert-OH is 1. The summed E-state index contributed by atoms with van der Waals surface area (Å²) in [6.45, 7) is -9.01. The lowest BCUT2D eigenvalue weighted by atomic mass is 10.0. The summed E-state index contributed by atoms with van der Waals surface area (Å²) in [4.78, 5) is 58.2. The summed E-state index contributed by atoms with van der Waals surface area (Å²) in [6.07, 6.45) is -1.34. The third-order valence-electron chi connectivity index (χ3n) is 8.05. The molecule has 25 heteroatoms. The topological polar surface area (TPSA) is 275 Å². The molecular weight excluding hydrogens is 710 g/mol. The molecule has 0 radical (unpaired) electrons.